The first-order chi connectivity index (χ1) is 22.4. The van der Waals surface area contributed by atoms with Crippen LogP contribution in [0.1, 0.15) is 33.9 Å². The molecule has 0 radical (unpaired) electrons. The van der Waals surface area contributed by atoms with Crippen LogP contribution in [0.2, 0.25) is 0 Å². The molecule has 0 unspecified atom stereocenters. The topological polar surface area (TPSA) is 139 Å². The summed E-state index contributed by atoms with van der Waals surface area (Å²) in [4.78, 5) is 27.8. The molecule has 2 saturated heterocycles. The van der Waals surface area contributed by atoms with Crippen molar-refractivity contribution in [2.45, 2.75) is 40.8 Å². The van der Waals surface area contributed by atoms with Gasteiger partial charge >= 0.3 is 10.4 Å². The number of nitrogens with zero attached hydrogens (tertiary/aromatic N) is 8. The molecule has 4 heterocycles. The zero-order chi connectivity index (χ0) is 33.8. The van der Waals surface area contributed by atoms with Gasteiger partial charge in [0.2, 0.25) is 11.9 Å². The molecular weight excluding hydrogens is 616 g/mol. The van der Waals surface area contributed by atoms with Crippen molar-refractivity contribution in [3.8, 4) is 0 Å². The number of benzene rings is 2. The lowest BCUT2D eigenvalue weighted by molar-refractivity contribution is 0.248. The van der Waals surface area contributed by atoms with E-state index in [1.165, 1.54) is 11.1 Å². The summed E-state index contributed by atoms with van der Waals surface area (Å²) < 4.78 is 31.6. The van der Waals surface area contributed by atoms with E-state index < -0.39 is 10.4 Å². The number of aryl methyl sites for hydroxylation is 4. The predicted molar refractivity (Wildman–Crippen MR) is 185 cm³/mol. The normalized spacial score (nSPS) is 15.7. The van der Waals surface area contributed by atoms with Crippen LogP contribution in [0.25, 0.3) is 0 Å². The Hall–Kier alpha value is -4.01. The molecule has 12 nitrogen and oxygen atoms in total. The number of piperazine rings is 2. The highest BCUT2D eigenvalue weighted by Crippen LogP contribution is 2.16. The maximum atomic E-state index is 8.74. The molecule has 13 heteroatoms. The molecule has 47 heavy (non-hydrogen) atoms. The lowest BCUT2D eigenvalue weighted by Crippen LogP contribution is -2.46. The Morgan fingerprint density at radius 3 is 1.09 bits per heavy atom. The van der Waals surface area contributed by atoms with Crippen LogP contribution in [-0.4, -0.2) is 99.6 Å². The SMILES string of the molecule is Cc1cc(C)nc(N2CCN(Cc3ccccc3)CC2)n1.Cc1cc(C)nc(N2CCN(Cc3ccccc3)CC2)n1.O=S(=O)(O)O. The van der Waals surface area contributed by atoms with Crippen molar-refractivity contribution in [1.29, 1.82) is 0 Å². The van der Waals surface area contributed by atoms with Crippen molar-refractivity contribution in [2.24, 2.45) is 0 Å². The van der Waals surface area contributed by atoms with Crippen molar-refractivity contribution >= 4 is 22.3 Å². The molecule has 2 aliphatic rings. The van der Waals surface area contributed by atoms with Crippen molar-refractivity contribution in [1.82, 2.24) is 29.7 Å². The van der Waals surface area contributed by atoms with Gasteiger partial charge in [0.05, 0.1) is 0 Å². The molecule has 0 amide bonds. The summed E-state index contributed by atoms with van der Waals surface area (Å²) in [6.45, 7) is 18.4. The Labute approximate surface area is 278 Å². The van der Waals surface area contributed by atoms with E-state index in [4.69, 9.17) is 17.5 Å². The van der Waals surface area contributed by atoms with Crippen LogP contribution in [0.4, 0.5) is 11.9 Å². The van der Waals surface area contributed by atoms with Crippen LogP contribution in [0, 0.1) is 27.7 Å². The van der Waals surface area contributed by atoms with Gasteiger partial charge in [0.15, 0.2) is 0 Å². The number of anilines is 2. The molecule has 2 fully saturated rings. The van der Waals surface area contributed by atoms with E-state index >= 15 is 0 Å². The summed E-state index contributed by atoms with van der Waals surface area (Å²) in [7, 11) is -4.67. The van der Waals surface area contributed by atoms with Crippen LogP contribution in [0.15, 0.2) is 72.8 Å². The number of aromatic nitrogens is 4. The van der Waals surface area contributed by atoms with Gasteiger partial charge < -0.3 is 9.80 Å². The zero-order valence-electron chi connectivity index (χ0n) is 27.7. The molecule has 252 valence electrons. The molecule has 0 aliphatic carbocycles. The summed E-state index contributed by atoms with van der Waals surface area (Å²) in [5, 5.41) is 0. The van der Waals surface area contributed by atoms with E-state index in [9.17, 15) is 0 Å². The molecule has 4 aromatic rings. The number of rotatable bonds is 6. The molecule has 6 rings (SSSR count). The fourth-order valence-corrected chi connectivity index (χ4v) is 5.59. The van der Waals surface area contributed by atoms with Crippen molar-refractivity contribution in [3.05, 3.63) is 107 Å². The molecule has 2 aromatic carbocycles. The van der Waals surface area contributed by atoms with E-state index in [-0.39, 0.29) is 0 Å². The highest BCUT2D eigenvalue weighted by molar-refractivity contribution is 7.79. The lowest BCUT2D eigenvalue weighted by Gasteiger charge is -2.34. The lowest BCUT2D eigenvalue weighted by atomic mass is 10.2. The second-order valence-electron chi connectivity index (χ2n) is 11.8. The molecule has 0 bridgehead atoms. The molecule has 0 spiro atoms. The third-order valence-electron chi connectivity index (χ3n) is 7.75. The Kier molecular flexibility index (Phi) is 13.1. The quantitative estimate of drug-likeness (QED) is 0.287. The van der Waals surface area contributed by atoms with Crippen molar-refractivity contribution in [2.75, 3.05) is 62.2 Å². The Balaban J connectivity index is 0.000000186. The standard InChI is InChI=1S/2C17H22N4.H2O4S/c2*1-14-12-15(2)19-17(18-14)21-10-8-20(9-11-21)13-16-6-4-3-5-7-16;1-5(2,3)4/h2*3-7,12H,8-11,13H2,1-2H3;(H2,1,2,3,4). The van der Waals surface area contributed by atoms with E-state index in [1.54, 1.807) is 0 Å². The van der Waals surface area contributed by atoms with Crippen LogP contribution >= 0.6 is 0 Å². The highest BCUT2D eigenvalue weighted by Gasteiger charge is 2.20. The average molecular weight is 663 g/mol. The summed E-state index contributed by atoms with van der Waals surface area (Å²) in [6, 6.07) is 25.4. The van der Waals surface area contributed by atoms with Gasteiger partial charge in [-0.05, 0) is 51.0 Å². The average Bonchev–Trinajstić information content (AvgIpc) is 3.01. The van der Waals surface area contributed by atoms with Crippen molar-refractivity contribution < 1.29 is 17.5 Å². The summed E-state index contributed by atoms with van der Waals surface area (Å²) in [5.41, 5.74) is 6.95. The molecule has 0 atom stereocenters. The monoisotopic (exact) mass is 662 g/mol. The molecule has 0 saturated carbocycles. The maximum Gasteiger partial charge on any atom is 0.394 e. The number of hydrogen-bond donors (Lipinski definition) is 2. The van der Waals surface area contributed by atoms with Gasteiger partial charge in [-0.1, -0.05) is 60.7 Å². The smallest absolute Gasteiger partial charge is 0.338 e. The minimum absolute atomic E-state index is 0.881. The van der Waals surface area contributed by atoms with Gasteiger partial charge in [-0.2, -0.15) is 8.42 Å². The van der Waals surface area contributed by atoms with Gasteiger partial charge in [0.1, 0.15) is 0 Å². The van der Waals surface area contributed by atoms with Crippen LogP contribution in [-0.2, 0) is 23.5 Å². The zero-order valence-corrected chi connectivity index (χ0v) is 28.5. The summed E-state index contributed by atoms with van der Waals surface area (Å²) >= 11 is 0. The summed E-state index contributed by atoms with van der Waals surface area (Å²) in [6.07, 6.45) is 0. The fourth-order valence-electron chi connectivity index (χ4n) is 5.59. The Morgan fingerprint density at radius 1 is 0.532 bits per heavy atom. The first-order valence-corrected chi connectivity index (χ1v) is 17.2. The summed E-state index contributed by atoms with van der Waals surface area (Å²) in [5.74, 6) is 1.76. The first kappa shape index (κ1) is 35.8. The maximum absolute atomic E-state index is 8.74. The van der Waals surface area contributed by atoms with Gasteiger partial charge in [0, 0.05) is 88.2 Å². The Bertz CT molecular complexity index is 1490. The van der Waals surface area contributed by atoms with Crippen LogP contribution < -0.4 is 9.80 Å². The second-order valence-corrected chi connectivity index (χ2v) is 12.7. The minimum atomic E-state index is -4.67. The van der Waals surface area contributed by atoms with Crippen LogP contribution in [0.5, 0.6) is 0 Å². The second kappa shape index (κ2) is 17.2. The minimum Gasteiger partial charge on any atom is -0.338 e. The third-order valence-corrected chi connectivity index (χ3v) is 7.75. The highest BCUT2D eigenvalue weighted by atomic mass is 32.3. The molecule has 2 aromatic heterocycles. The molecular formula is C34H46N8O4S. The van der Waals surface area contributed by atoms with Crippen molar-refractivity contribution in [3.63, 3.8) is 0 Å². The predicted octanol–water partition coefficient (Wildman–Crippen LogP) is 4.18. The van der Waals surface area contributed by atoms with E-state index in [1.807, 2.05) is 39.8 Å². The van der Waals surface area contributed by atoms with Gasteiger partial charge in [-0.25, -0.2) is 19.9 Å². The largest absolute Gasteiger partial charge is 0.394 e. The first-order valence-electron chi connectivity index (χ1n) is 15.8. The fraction of sp³-hybridized carbons (Fsp3) is 0.412. The van der Waals surface area contributed by atoms with Crippen LogP contribution in [0.3, 0.4) is 0 Å². The Morgan fingerprint density at radius 2 is 0.809 bits per heavy atom. The van der Waals surface area contributed by atoms with E-state index in [2.05, 4.69) is 100 Å². The number of hydrogen-bond acceptors (Lipinski definition) is 10. The third kappa shape index (κ3) is 13.0. The van der Waals surface area contributed by atoms with Gasteiger partial charge in [0.25, 0.3) is 0 Å². The van der Waals surface area contributed by atoms with Gasteiger partial charge in [-0.15, -0.1) is 0 Å². The van der Waals surface area contributed by atoms with E-state index in [0.717, 1.165) is 100 Å². The van der Waals surface area contributed by atoms with E-state index in [0.29, 0.717) is 0 Å². The molecule has 2 aliphatic heterocycles. The molecule has 2 N–H and O–H groups in total. The van der Waals surface area contributed by atoms with Gasteiger partial charge in [-0.3, -0.25) is 18.9 Å².